The number of hydrogen-bond donors (Lipinski definition) is 0. The Hall–Kier alpha value is -1.17. The van der Waals surface area contributed by atoms with Crippen LogP contribution in [0.1, 0.15) is 42.7 Å². The summed E-state index contributed by atoms with van der Waals surface area (Å²) in [5.41, 5.74) is 1.40. The van der Waals surface area contributed by atoms with Crippen LogP contribution in [0.4, 0.5) is 0 Å². The predicted molar refractivity (Wildman–Crippen MR) is 70.5 cm³/mol. The van der Waals surface area contributed by atoms with E-state index in [4.69, 9.17) is 0 Å². The van der Waals surface area contributed by atoms with E-state index in [2.05, 4.69) is 5.10 Å². The number of carbonyl (C=O) groups excluding carboxylic acids is 1. The number of rotatable bonds is 7. The minimum absolute atomic E-state index is 0.0220. The standard InChI is InChI=1S/C12H20N2O3S/c1-4-11-10(9-14(3)13-11)12(15)7-6-8-18(16,17)5-2/h9H,4-8H2,1-3H3. The van der Waals surface area contributed by atoms with E-state index in [9.17, 15) is 13.2 Å². The van der Waals surface area contributed by atoms with E-state index in [1.807, 2.05) is 6.92 Å². The lowest BCUT2D eigenvalue weighted by atomic mass is 10.1. The van der Waals surface area contributed by atoms with E-state index in [0.29, 0.717) is 18.4 Å². The molecule has 1 heterocycles. The summed E-state index contributed by atoms with van der Waals surface area (Å²) in [5.74, 6) is 0.192. The fourth-order valence-electron chi connectivity index (χ4n) is 1.76. The van der Waals surface area contributed by atoms with Crippen LogP contribution in [0.2, 0.25) is 0 Å². The van der Waals surface area contributed by atoms with Crippen LogP contribution in [0.25, 0.3) is 0 Å². The number of sulfone groups is 1. The van der Waals surface area contributed by atoms with Crippen LogP contribution in [0.3, 0.4) is 0 Å². The van der Waals surface area contributed by atoms with Crippen LogP contribution < -0.4 is 0 Å². The summed E-state index contributed by atoms with van der Waals surface area (Å²) >= 11 is 0. The fourth-order valence-corrected chi connectivity index (χ4v) is 2.63. The normalized spacial score (nSPS) is 11.7. The van der Waals surface area contributed by atoms with Crippen LogP contribution in [-0.2, 0) is 23.3 Å². The molecule has 0 bridgehead atoms. The number of ketones is 1. The third-order valence-corrected chi connectivity index (χ3v) is 4.63. The first-order valence-corrected chi connectivity index (χ1v) is 7.98. The van der Waals surface area contributed by atoms with Gasteiger partial charge in [-0.25, -0.2) is 8.42 Å². The van der Waals surface area contributed by atoms with Crippen LogP contribution >= 0.6 is 0 Å². The summed E-state index contributed by atoms with van der Waals surface area (Å²) < 4.78 is 24.3. The Morgan fingerprint density at radius 1 is 1.39 bits per heavy atom. The van der Waals surface area contributed by atoms with Crippen molar-refractivity contribution in [3.63, 3.8) is 0 Å². The summed E-state index contributed by atoms with van der Waals surface area (Å²) in [5, 5.41) is 4.20. The summed E-state index contributed by atoms with van der Waals surface area (Å²) in [6, 6.07) is 0. The second kappa shape index (κ2) is 6.13. The molecular weight excluding hydrogens is 252 g/mol. The van der Waals surface area contributed by atoms with Crippen molar-refractivity contribution < 1.29 is 13.2 Å². The molecule has 1 aromatic heterocycles. The predicted octanol–water partition coefficient (Wildman–Crippen LogP) is 1.38. The van der Waals surface area contributed by atoms with Gasteiger partial charge < -0.3 is 0 Å². The monoisotopic (exact) mass is 272 g/mol. The molecule has 0 spiro atoms. The van der Waals surface area contributed by atoms with Gasteiger partial charge in [0, 0.05) is 25.4 Å². The fraction of sp³-hybridized carbons (Fsp3) is 0.667. The Bertz CT molecular complexity index is 517. The first-order chi connectivity index (χ1) is 8.39. The van der Waals surface area contributed by atoms with Gasteiger partial charge in [0.1, 0.15) is 9.84 Å². The third kappa shape index (κ3) is 3.94. The highest BCUT2D eigenvalue weighted by molar-refractivity contribution is 7.91. The SMILES string of the molecule is CCc1nn(C)cc1C(=O)CCCS(=O)(=O)CC. The van der Waals surface area contributed by atoms with Gasteiger partial charge >= 0.3 is 0 Å². The van der Waals surface area contributed by atoms with Gasteiger partial charge in [-0.3, -0.25) is 9.48 Å². The summed E-state index contributed by atoms with van der Waals surface area (Å²) in [7, 11) is -1.21. The molecule has 18 heavy (non-hydrogen) atoms. The lowest BCUT2D eigenvalue weighted by Gasteiger charge is -2.01. The van der Waals surface area contributed by atoms with Crippen molar-refractivity contribution in [1.29, 1.82) is 0 Å². The average Bonchev–Trinajstić information content (AvgIpc) is 2.70. The Labute approximate surface area is 108 Å². The summed E-state index contributed by atoms with van der Waals surface area (Å²) in [6.45, 7) is 3.56. The van der Waals surface area contributed by atoms with Gasteiger partial charge in [0.2, 0.25) is 0 Å². The van der Waals surface area contributed by atoms with Crippen molar-refractivity contribution in [2.75, 3.05) is 11.5 Å². The second-order valence-electron chi connectivity index (χ2n) is 4.28. The minimum atomic E-state index is -2.98. The zero-order valence-corrected chi connectivity index (χ0v) is 12.0. The van der Waals surface area contributed by atoms with Crippen LogP contribution in [0, 0.1) is 0 Å². The van der Waals surface area contributed by atoms with Gasteiger partial charge in [-0.2, -0.15) is 5.10 Å². The molecule has 0 aromatic carbocycles. The van der Waals surface area contributed by atoms with E-state index in [-0.39, 0.29) is 23.7 Å². The molecule has 0 aliphatic carbocycles. The van der Waals surface area contributed by atoms with Crippen molar-refractivity contribution in [2.45, 2.75) is 33.1 Å². The second-order valence-corrected chi connectivity index (χ2v) is 6.75. The van der Waals surface area contributed by atoms with E-state index in [1.165, 1.54) is 0 Å². The lowest BCUT2D eigenvalue weighted by Crippen LogP contribution is -2.11. The topological polar surface area (TPSA) is 69.0 Å². The third-order valence-electron chi connectivity index (χ3n) is 2.84. The van der Waals surface area contributed by atoms with Crippen LogP contribution in [0.5, 0.6) is 0 Å². The highest BCUT2D eigenvalue weighted by Crippen LogP contribution is 2.12. The highest BCUT2D eigenvalue weighted by Gasteiger charge is 2.15. The Morgan fingerprint density at radius 2 is 2.06 bits per heavy atom. The first kappa shape index (κ1) is 14.9. The Balaban J connectivity index is 2.61. The van der Waals surface area contributed by atoms with E-state index in [0.717, 1.165) is 5.69 Å². The molecule has 0 amide bonds. The van der Waals surface area contributed by atoms with Crippen molar-refractivity contribution in [1.82, 2.24) is 9.78 Å². The Kier molecular flexibility index (Phi) is 5.07. The van der Waals surface area contributed by atoms with Crippen molar-refractivity contribution in [3.8, 4) is 0 Å². The molecule has 0 aliphatic rings. The van der Waals surface area contributed by atoms with Gasteiger partial charge in [0.05, 0.1) is 17.0 Å². The molecule has 0 fully saturated rings. The number of aromatic nitrogens is 2. The van der Waals surface area contributed by atoms with E-state index in [1.54, 1.807) is 24.9 Å². The van der Waals surface area contributed by atoms with Crippen molar-refractivity contribution in [3.05, 3.63) is 17.5 Å². The maximum Gasteiger partial charge on any atom is 0.166 e. The molecule has 0 N–H and O–H groups in total. The Morgan fingerprint density at radius 3 is 2.61 bits per heavy atom. The number of aryl methyl sites for hydroxylation is 2. The molecule has 102 valence electrons. The lowest BCUT2D eigenvalue weighted by molar-refractivity contribution is 0.0981. The molecule has 6 heteroatoms. The van der Waals surface area contributed by atoms with Crippen molar-refractivity contribution in [2.24, 2.45) is 7.05 Å². The van der Waals surface area contributed by atoms with Gasteiger partial charge in [-0.1, -0.05) is 13.8 Å². The van der Waals surface area contributed by atoms with E-state index < -0.39 is 9.84 Å². The van der Waals surface area contributed by atoms with E-state index >= 15 is 0 Å². The molecule has 0 saturated heterocycles. The highest BCUT2D eigenvalue weighted by atomic mass is 32.2. The smallest absolute Gasteiger partial charge is 0.166 e. The largest absolute Gasteiger partial charge is 0.294 e. The van der Waals surface area contributed by atoms with Gasteiger partial charge in [0.25, 0.3) is 0 Å². The number of hydrogen-bond acceptors (Lipinski definition) is 4. The molecule has 0 aliphatic heterocycles. The first-order valence-electron chi connectivity index (χ1n) is 6.15. The minimum Gasteiger partial charge on any atom is -0.294 e. The zero-order valence-electron chi connectivity index (χ0n) is 11.1. The molecule has 1 aromatic rings. The quantitative estimate of drug-likeness (QED) is 0.703. The van der Waals surface area contributed by atoms with Gasteiger partial charge in [-0.05, 0) is 12.8 Å². The van der Waals surface area contributed by atoms with Crippen LogP contribution in [-0.4, -0.2) is 35.5 Å². The number of nitrogens with zero attached hydrogens (tertiary/aromatic N) is 2. The maximum atomic E-state index is 12.0. The van der Waals surface area contributed by atoms with Gasteiger partial charge in [0.15, 0.2) is 5.78 Å². The molecule has 0 radical (unpaired) electrons. The molecule has 0 saturated carbocycles. The molecule has 1 rings (SSSR count). The average molecular weight is 272 g/mol. The molecule has 5 nitrogen and oxygen atoms in total. The molecule has 0 atom stereocenters. The molecule has 0 unspecified atom stereocenters. The summed E-state index contributed by atoms with van der Waals surface area (Å²) in [4.78, 5) is 12.0. The summed E-state index contributed by atoms with van der Waals surface area (Å²) in [6.07, 6.45) is 3.05. The molecular formula is C12H20N2O3S. The number of carbonyl (C=O) groups is 1. The van der Waals surface area contributed by atoms with Crippen LogP contribution in [0.15, 0.2) is 6.20 Å². The zero-order chi connectivity index (χ0) is 13.8. The van der Waals surface area contributed by atoms with Gasteiger partial charge in [-0.15, -0.1) is 0 Å². The maximum absolute atomic E-state index is 12.0. The number of Topliss-reactive ketones (excluding diaryl/α,β-unsaturated/α-hetero) is 1. The van der Waals surface area contributed by atoms with Crippen molar-refractivity contribution >= 4 is 15.6 Å².